The van der Waals surface area contributed by atoms with Crippen molar-refractivity contribution in [1.82, 2.24) is 29.6 Å². The predicted molar refractivity (Wildman–Crippen MR) is 145 cm³/mol. The first-order valence-corrected chi connectivity index (χ1v) is 12.2. The molecule has 1 aliphatic rings. The maximum Gasteiger partial charge on any atom is 0.225 e. The summed E-state index contributed by atoms with van der Waals surface area (Å²) in [5, 5.41) is 21.0. The van der Waals surface area contributed by atoms with Crippen LogP contribution in [0.3, 0.4) is 0 Å². The third-order valence-corrected chi connectivity index (χ3v) is 6.45. The molecule has 0 radical (unpaired) electrons. The SMILES string of the molecule is C=C(c1ccc(F)cc1)c1cnc(N2CCN(C(=NC=N)c3cc(-c4cnn(CCO)c4)c[nH]3)CC2)nc1. The Morgan fingerprint density at radius 3 is 2.50 bits per heavy atom. The standard InChI is InChI=1S/C27H28FN9O/c1-19(20-2-4-24(28)5-3-20)22-14-31-27(32-15-22)36-8-6-35(7-9-36)26(33-18-29)25-12-21(13-30-25)23-16-34-37(17-23)10-11-38/h2-5,12-18,29-30,38H,1,6-11H2. The van der Waals surface area contributed by atoms with Crippen LogP contribution in [0.15, 0.2) is 72.9 Å². The van der Waals surface area contributed by atoms with Crippen LogP contribution in [0.5, 0.6) is 0 Å². The van der Waals surface area contributed by atoms with Gasteiger partial charge in [-0.1, -0.05) is 18.7 Å². The molecular formula is C27H28FN9O. The monoisotopic (exact) mass is 513 g/mol. The maximum absolute atomic E-state index is 13.2. The topological polar surface area (TPSA) is 122 Å². The summed E-state index contributed by atoms with van der Waals surface area (Å²) < 4.78 is 14.9. The zero-order chi connectivity index (χ0) is 26.5. The Labute approximate surface area is 219 Å². The van der Waals surface area contributed by atoms with Crippen LogP contribution in [-0.4, -0.2) is 79.7 Å². The van der Waals surface area contributed by atoms with Crippen molar-refractivity contribution in [2.24, 2.45) is 4.99 Å². The van der Waals surface area contributed by atoms with E-state index in [4.69, 9.17) is 10.5 Å². The molecule has 5 rings (SSSR count). The number of aliphatic hydroxyl groups excluding tert-OH is 1. The minimum atomic E-state index is -0.288. The molecule has 4 aromatic rings. The number of hydrogen-bond donors (Lipinski definition) is 3. The Morgan fingerprint density at radius 1 is 1.08 bits per heavy atom. The van der Waals surface area contributed by atoms with Gasteiger partial charge in [0.05, 0.1) is 25.0 Å². The van der Waals surface area contributed by atoms with E-state index in [2.05, 4.69) is 41.4 Å². The van der Waals surface area contributed by atoms with Crippen LogP contribution in [0.25, 0.3) is 16.7 Å². The quantitative estimate of drug-likeness (QED) is 0.246. The van der Waals surface area contributed by atoms with E-state index in [0.29, 0.717) is 44.5 Å². The van der Waals surface area contributed by atoms with Crippen LogP contribution < -0.4 is 4.90 Å². The van der Waals surface area contributed by atoms with Crippen LogP contribution in [0.2, 0.25) is 0 Å². The number of rotatable bonds is 8. The molecule has 1 aliphatic heterocycles. The molecule has 1 fully saturated rings. The van der Waals surface area contributed by atoms with Gasteiger partial charge >= 0.3 is 0 Å². The highest BCUT2D eigenvalue weighted by Gasteiger charge is 2.23. The van der Waals surface area contributed by atoms with Crippen LogP contribution in [0, 0.1) is 11.2 Å². The molecule has 0 spiro atoms. The number of aliphatic imine (C=N–C) groups is 1. The molecule has 0 unspecified atom stereocenters. The number of halogens is 1. The molecule has 3 N–H and O–H groups in total. The van der Waals surface area contributed by atoms with Crippen molar-refractivity contribution in [2.75, 3.05) is 37.7 Å². The minimum absolute atomic E-state index is 0.0299. The van der Waals surface area contributed by atoms with Gasteiger partial charge in [-0.15, -0.1) is 0 Å². The second-order valence-corrected chi connectivity index (χ2v) is 8.83. The third-order valence-electron chi connectivity index (χ3n) is 6.45. The summed E-state index contributed by atoms with van der Waals surface area (Å²) in [6, 6.07) is 8.19. The third kappa shape index (κ3) is 5.37. The number of aromatic amines is 1. The summed E-state index contributed by atoms with van der Waals surface area (Å²) >= 11 is 0. The molecule has 0 amide bonds. The van der Waals surface area contributed by atoms with Gasteiger partial charge in [-0.3, -0.25) is 10.1 Å². The van der Waals surface area contributed by atoms with Gasteiger partial charge in [-0.05, 0) is 29.3 Å². The summed E-state index contributed by atoms with van der Waals surface area (Å²) in [5.41, 5.74) is 5.04. The van der Waals surface area contributed by atoms with Gasteiger partial charge in [0, 0.05) is 67.7 Å². The fourth-order valence-corrected chi connectivity index (χ4v) is 4.39. The number of nitrogens with zero attached hydrogens (tertiary/aromatic N) is 7. The number of aromatic nitrogens is 5. The van der Waals surface area contributed by atoms with Crippen molar-refractivity contribution < 1.29 is 9.50 Å². The number of amidine groups is 1. The molecule has 10 nitrogen and oxygen atoms in total. The fraction of sp³-hybridized carbons (Fsp3) is 0.222. The molecule has 1 aromatic carbocycles. The van der Waals surface area contributed by atoms with Crippen LogP contribution in [0.4, 0.5) is 10.3 Å². The molecule has 38 heavy (non-hydrogen) atoms. The smallest absolute Gasteiger partial charge is 0.225 e. The van der Waals surface area contributed by atoms with E-state index in [1.165, 1.54) is 12.1 Å². The Morgan fingerprint density at radius 2 is 1.82 bits per heavy atom. The van der Waals surface area contributed by atoms with Gasteiger partial charge in [0.2, 0.25) is 5.95 Å². The Balaban J connectivity index is 1.23. The number of nitrogens with one attached hydrogen (secondary N) is 2. The first-order valence-electron chi connectivity index (χ1n) is 12.2. The average Bonchev–Trinajstić information content (AvgIpc) is 3.62. The van der Waals surface area contributed by atoms with Gasteiger partial charge in [0.1, 0.15) is 12.2 Å². The van der Waals surface area contributed by atoms with Crippen molar-refractivity contribution >= 4 is 23.7 Å². The predicted octanol–water partition coefficient (Wildman–Crippen LogP) is 3.04. The van der Waals surface area contributed by atoms with E-state index in [-0.39, 0.29) is 12.4 Å². The van der Waals surface area contributed by atoms with Crippen molar-refractivity contribution in [2.45, 2.75) is 6.54 Å². The summed E-state index contributed by atoms with van der Waals surface area (Å²) in [7, 11) is 0. The molecule has 0 aliphatic carbocycles. The second-order valence-electron chi connectivity index (χ2n) is 8.83. The van der Waals surface area contributed by atoms with E-state index in [1.54, 1.807) is 35.4 Å². The van der Waals surface area contributed by atoms with E-state index in [9.17, 15) is 4.39 Å². The van der Waals surface area contributed by atoms with Crippen LogP contribution >= 0.6 is 0 Å². The van der Waals surface area contributed by atoms with Crippen LogP contribution in [-0.2, 0) is 6.54 Å². The number of anilines is 1. The molecule has 0 bridgehead atoms. The average molecular weight is 514 g/mol. The largest absolute Gasteiger partial charge is 0.394 e. The summed E-state index contributed by atoms with van der Waals surface area (Å²) in [6.07, 6.45) is 10.1. The Hall–Kier alpha value is -4.64. The summed E-state index contributed by atoms with van der Waals surface area (Å²) in [6.45, 7) is 7.32. The first kappa shape index (κ1) is 25.0. The lowest BCUT2D eigenvalue weighted by Gasteiger charge is -2.36. The fourth-order valence-electron chi connectivity index (χ4n) is 4.39. The van der Waals surface area contributed by atoms with Gasteiger partial charge < -0.3 is 19.9 Å². The normalized spacial score (nSPS) is 14.1. The lowest BCUT2D eigenvalue weighted by molar-refractivity contribution is 0.269. The molecule has 1 saturated heterocycles. The van der Waals surface area contributed by atoms with Crippen molar-refractivity contribution in [3.63, 3.8) is 0 Å². The minimum Gasteiger partial charge on any atom is -0.394 e. The molecule has 4 heterocycles. The van der Waals surface area contributed by atoms with Gasteiger partial charge in [-0.2, -0.15) is 5.10 Å². The maximum atomic E-state index is 13.2. The zero-order valence-electron chi connectivity index (χ0n) is 20.8. The Bertz CT molecular complexity index is 1430. The number of H-pyrrole nitrogens is 1. The highest BCUT2D eigenvalue weighted by molar-refractivity contribution is 6.01. The molecule has 3 aromatic heterocycles. The molecule has 11 heteroatoms. The second kappa shape index (κ2) is 11.2. The van der Waals surface area contributed by atoms with Crippen LogP contribution in [0.1, 0.15) is 16.8 Å². The van der Waals surface area contributed by atoms with Gasteiger partial charge in [-0.25, -0.2) is 19.4 Å². The highest BCUT2D eigenvalue weighted by Crippen LogP contribution is 2.23. The van der Waals surface area contributed by atoms with Crippen molar-refractivity contribution in [1.29, 1.82) is 5.41 Å². The molecule has 0 atom stereocenters. The van der Waals surface area contributed by atoms with Crippen molar-refractivity contribution in [3.8, 4) is 11.1 Å². The number of piperazine rings is 1. The summed E-state index contributed by atoms with van der Waals surface area (Å²) in [4.78, 5) is 21.0. The number of aliphatic hydroxyl groups is 1. The molecular weight excluding hydrogens is 485 g/mol. The van der Waals surface area contributed by atoms with Crippen molar-refractivity contribution in [3.05, 3.63) is 90.5 Å². The first-order chi connectivity index (χ1) is 18.6. The van der Waals surface area contributed by atoms with Gasteiger partial charge in [0.15, 0.2) is 5.84 Å². The summed E-state index contributed by atoms with van der Waals surface area (Å²) in [5.74, 6) is 1.04. The van der Waals surface area contributed by atoms with E-state index >= 15 is 0 Å². The van der Waals surface area contributed by atoms with E-state index < -0.39 is 0 Å². The molecule has 0 saturated carbocycles. The van der Waals surface area contributed by atoms with E-state index in [1.807, 2.05) is 18.5 Å². The lowest BCUT2D eigenvalue weighted by Crippen LogP contribution is -2.49. The highest BCUT2D eigenvalue weighted by atomic mass is 19.1. The molecule has 194 valence electrons. The number of hydrogen-bond acceptors (Lipinski definition) is 6. The Kier molecular flexibility index (Phi) is 7.36. The zero-order valence-corrected chi connectivity index (χ0v) is 20.8. The lowest BCUT2D eigenvalue weighted by atomic mass is 10.0. The number of benzene rings is 1. The van der Waals surface area contributed by atoms with Gasteiger partial charge in [0.25, 0.3) is 0 Å². The van der Waals surface area contributed by atoms with E-state index in [0.717, 1.165) is 39.9 Å².